The van der Waals surface area contributed by atoms with Gasteiger partial charge in [0.25, 0.3) is 5.91 Å². The zero-order chi connectivity index (χ0) is 20.3. The van der Waals surface area contributed by atoms with Gasteiger partial charge in [-0.05, 0) is 43.0 Å². The molecule has 0 spiro atoms. The molecule has 29 heavy (non-hydrogen) atoms. The number of rotatable bonds is 6. The van der Waals surface area contributed by atoms with Gasteiger partial charge in [-0.25, -0.2) is 0 Å². The molecule has 0 radical (unpaired) electrons. The lowest BCUT2D eigenvalue weighted by molar-refractivity contribution is 0.0526. The van der Waals surface area contributed by atoms with Crippen LogP contribution in [0.3, 0.4) is 0 Å². The van der Waals surface area contributed by atoms with Crippen LogP contribution >= 0.6 is 12.4 Å². The highest BCUT2D eigenvalue weighted by molar-refractivity contribution is 5.93. The number of piperidine rings is 1. The van der Waals surface area contributed by atoms with E-state index in [4.69, 9.17) is 15.2 Å². The Morgan fingerprint density at radius 2 is 1.93 bits per heavy atom. The van der Waals surface area contributed by atoms with Gasteiger partial charge < -0.3 is 20.1 Å². The van der Waals surface area contributed by atoms with Crippen molar-refractivity contribution in [1.29, 1.82) is 0 Å². The summed E-state index contributed by atoms with van der Waals surface area (Å²) < 4.78 is 10.5. The van der Waals surface area contributed by atoms with Gasteiger partial charge in [0.05, 0.1) is 18.0 Å². The fourth-order valence-corrected chi connectivity index (χ4v) is 3.31. The van der Waals surface area contributed by atoms with Gasteiger partial charge in [-0.15, -0.1) is 17.5 Å². The maximum Gasteiger partial charge on any atom is 0.276 e. The van der Waals surface area contributed by atoms with Gasteiger partial charge >= 0.3 is 0 Å². The van der Waals surface area contributed by atoms with Crippen LogP contribution in [-0.4, -0.2) is 65.3 Å². The Hall–Kier alpha value is -2.16. The van der Waals surface area contributed by atoms with Gasteiger partial charge in [0.15, 0.2) is 5.69 Å². The van der Waals surface area contributed by atoms with Crippen molar-refractivity contribution in [1.82, 2.24) is 19.9 Å². The smallest absolute Gasteiger partial charge is 0.276 e. The van der Waals surface area contributed by atoms with E-state index in [-0.39, 0.29) is 29.8 Å². The Balaban J connectivity index is 0.00000300. The Kier molecular flexibility index (Phi) is 7.62. The minimum absolute atomic E-state index is 0. The average molecular weight is 424 g/mol. The van der Waals surface area contributed by atoms with Crippen molar-refractivity contribution in [2.24, 2.45) is 11.1 Å². The number of benzene rings is 1. The highest BCUT2D eigenvalue weighted by Gasteiger charge is 2.36. The second-order valence-electron chi connectivity index (χ2n) is 7.87. The molecule has 1 saturated heterocycles. The minimum Gasteiger partial charge on any atom is -0.491 e. The van der Waals surface area contributed by atoms with Crippen molar-refractivity contribution in [3.63, 3.8) is 0 Å². The molecular weight excluding hydrogens is 394 g/mol. The van der Waals surface area contributed by atoms with Crippen LogP contribution in [0.1, 0.15) is 36.5 Å². The fraction of sp³-hybridized carbons (Fsp3) is 0.550. The van der Waals surface area contributed by atoms with Crippen molar-refractivity contribution in [3.05, 3.63) is 35.7 Å². The number of likely N-dealkylation sites (tertiary alicyclic amines) is 1. The Morgan fingerprint density at radius 1 is 1.24 bits per heavy atom. The van der Waals surface area contributed by atoms with E-state index in [1.165, 1.54) is 4.80 Å². The van der Waals surface area contributed by atoms with Crippen LogP contribution in [0.25, 0.3) is 5.69 Å². The fourth-order valence-electron chi connectivity index (χ4n) is 3.31. The van der Waals surface area contributed by atoms with Crippen LogP contribution < -0.4 is 10.5 Å². The van der Waals surface area contributed by atoms with Crippen LogP contribution in [0.2, 0.25) is 0 Å². The largest absolute Gasteiger partial charge is 0.491 e. The molecule has 1 amide bonds. The number of amides is 1. The maximum atomic E-state index is 13.0. The molecule has 0 aliphatic carbocycles. The lowest BCUT2D eigenvalue weighted by Crippen LogP contribution is -2.54. The molecule has 2 aromatic rings. The number of nitrogens with two attached hydrogens (primary N) is 1. The second-order valence-corrected chi connectivity index (χ2v) is 7.87. The number of ether oxygens (including phenoxy) is 2. The number of methoxy groups -OCH3 is 1. The van der Waals surface area contributed by atoms with Crippen molar-refractivity contribution in [2.75, 3.05) is 33.4 Å². The highest BCUT2D eigenvalue weighted by atomic mass is 35.5. The molecule has 0 bridgehead atoms. The average Bonchev–Trinajstić information content (AvgIpc) is 3.06. The van der Waals surface area contributed by atoms with Gasteiger partial charge in [0.2, 0.25) is 0 Å². The molecule has 8 nitrogen and oxygen atoms in total. The molecule has 1 unspecified atom stereocenters. The summed E-state index contributed by atoms with van der Waals surface area (Å²) in [5, 5.41) is 8.88. The summed E-state index contributed by atoms with van der Waals surface area (Å²) in [6, 6.07) is 7.51. The quantitative estimate of drug-likeness (QED) is 0.716. The maximum absolute atomic E-state index is 13.0. The first-order valence-corrected chi connectivity index (χ1v) is 9.53. The van der Waals surface area contributed by atoms with Crippen molar-refractivity contribution in [2.45, 2.75) is 33.2 Å². The molecule has 9 heteroatoms. The summed E-state index contributed by atoms with van der Waals surface area (Å²) >= 11 is 0. The molecule has 1 aromatic carbocycles. The molecule has 2 N–H and O–H groups in total. The molecule has 1 fully saturated rings. The minimum atomic E-state index is -0.115. The third-order valence-corrected chi connectivity index (χ3v) is 5.21. The molecule has 2 heterocycles. The van der Waals surface area contributed by atoms with Crippen molar-refractivity contribution < 1.29 is 14.3 Å². The Morgan fingerprint density at radius 3 is 2.55 bits per heavy atom. The number of aryl methyl sites for hydroxylation is 1. The monoisotopic (exact) mass is 423 g/mol. The molecule has 1 aliphatic rings. The summed E-state index contributed by atoms with van der Waals surface area (Å²) in [5.41, 5.74) is 7.83. The van der Waals surface area contributed by atoms with E-state index in [1.54, 1.807) is 14.0 Å². The molecule has 1 aliphatic heterocycles. The van der Waals surface area contributed by atoms with Crippen molar-refractivity contribution >= 4 is 18.3 Å². The van der Waals surface area contributed by atoms with Gasteiger partial charge in [0.1, 0.15) is 12.4 Å². The highest BCUT2D eigenvalue weighted by Crippen LogP contribution is 2.28. The van der Waals surface area contributed by atoms with E-state index in [0.717, 1.165) is 17.9 Å². The van der Waals surface area contributed by atoms with E-state index < -0.39 is 0 Å². The SMILES string of the molecule is COCCOc1ccc(-n2nc(C)c(C(=O)N3CCC(N)C(C)(C)C3)n2)cc1.Cl. The normalized spacial score (nSPS) is 18.2. The lowest BCUT2D eigenvalue weighted by Gasteiger charge is -2.42. The Labute approximate surface area is 177 Å². The van der Waals surface area contributed by atoms with Crippen LogP contribution in [0.15, 0.2) is 24.3 Å². The number of hydrogen-bond acceptors (Lipinski definition) is 6. The van der Waals surface area contributed by atoms with Gasteiger partial charge in [-0.3, -0.25) is 4.79 Å². The first-order chi connectivity index (χ1) is 13.3. The zero-order valence-electron chi connectivity index (χ0n) is 17.4. The van der Waals surface area contributed by atoms with E-state index in [0.29, 0.717) is 37.7 Å². The lowest BCUT2D eigenvalue weighted by atomic mass is 9.79. The van der Waals surface area contributed by atoms with E-state index in [9.17, 15) is 4.79 Å². The van der Waals surface area contributed by atoms with Gasteiger partial charge in [-0.1, -0.05) is 13.8 Å². The number of aromatic nitrogens is 3. The number of nitrogens with zero attached hydrogens (tertiary/aromatic N) is 4. The second kappa shape index (κ2) is 9.56. The molecular formula is C20H30ClN5O3. The van der Waals surface area contributed by atoms with Crippen molar-refractivity contribution in [3.8, 4) is 11.4 Å². The van der Waals surface area contributed by atoms with Gasteiger partial charge in [-0.2, -0.15) is 9.90 Å². The molecule has 1 aromatic heterocycles. The number of carbonyl (C=O) groups is 1. The predicted molar refractivity (Wildman–Crippen MR) is 113 cm³/mol. The Bertz CT molecular complexity index is 822. The zero-order valence-corrected chi connectivity index (χ0v) is 18.2. The summed E-state index contributed by atoms with van der Waals surface area (Å²) in [6.07, 6.45) is 0.788. The third kappa shape index (κ3) is 5.26. The number of carbonyl (C=O) groups excluding carboxylic acids is 1. The topological polar surface area (TPSA) is 95.5 Å². The summed E-state index contributed by atoms with van der Waals surface area (Å²) in [7, 11) is 1.64. The number of hydrogen-bond donors (Lipinski definition) is 1. The predicted octanol–water partition coefficient (Wildman–Crippen LogP) is 2.22. The molecule has 0 saturated carbocycles. The first-order valence-electron chi connectivity index (χ1n) is 9.53. The van der Waals surface area contributed by atoms with Crippen LogP contribution in [-0.2, 0) is 4.74 Å². The molecule has 160 valence electrons. The standard InChI is InChI=1S/C20H29N5O3.ClH/c1-14-18(19(26)24-10-9-17(21)20(2,3)13-24)23-25(22-14)15-5-7-16(8-6-15)28-12-11-27-4;/h5-8,17H,9-13,21H2,1-4H3;1H. The summed E-state index contributed by atoms with van der Waals surface area (Å²) in [5.74, 6) is 0.649. The molecule has 3 rings (SSSR count). The first kappa shape index (κ1) is 23.1. The van der Waals surface area contributed by atoms with E-state index >= 15 is 0 Å². The summed E-state index contributed by atoms with van der Waals surface area (Å²) in [6.45, 7) is 8.28. The van der Waals surface area contributed by atoms with E-state index in [1.807, 2.05) is 29.2 Å². The molecule has 1 atom stereocenters. The van der Waals surface area contributed by atoms with E-state index in [2.05, 4.69) is 24.0 Å². The van der Waals surface area contributed by atoms with Crippen LogP contribution in [0.4, 0.5) is 0 Å². The summed E-state index contributed by atoms with van der Waals surface area (Å²) in [4.78, 5) is 16.3. The van der Waals surface area contributed by atoms with Gasteiger partial charge in [0, 0.05) is 26.2 Å². The third-order valence-electron chi connectivity index (χ3n) is 5.21. The number of halogens is 1. The van der Waals surface area contributed by atoms with Crippen LogP contribution in [0.5, 0.6) is 5.75 Å². The van der Waals surface area contributed by atoms with Crippen LogP contribution in [0, 0.1) is 12.3 Å².